The summed E-state index contributed by atoms with van der Waals surface area (Å²) < 4.78 is 21.7. The highest BCUT2D eigenvalue weighted by atomic mass is 16.6. The predicted molar refractivity (Wildman–Crippen MR) is 112 cm³/mol. The van der Waals surface area contributed by atoms with Crippen molar-refractivity contribution in [2.24, 2.45) is 0 Å². The topological polar surface area (TPSA) is 104 Å². The first-order chi connectivity index (χ1) is 15.6. The van der Waals surface area contributed by atoms with E-state index in [1.54, 1.807) is 30.5 Å². The number of hydrogen-bond donors (Lipinski definition) is 1. The lowest BCUT2D eigenvalue weighted by Gasteiger charge is -2.25. The van der Waals surface area contributed by atoms with Crippen LogP contribution in [0.25, 0.3) is 11.0 Å². The van der Waals surface area contributed by atoms with Crippen molar-refractivity contribution < 1.29 is 33.0 Å². The second-order valence-corrected chi connectivity index (χ2v) is 7.85. The number of furan rings is 1. The Hall–Kier alpha value is -3.81. The number of imide groups is 1. The van der Waals surface area contributed by atoms with Crippen molar-refractivity contribution in [3.8, 4) is 11.5 Å². The molecule has 0 fully saturated rings. The normalized spacial score (nSPS) is 16.4. The highest BCUT2D eigenvalue weighted by Gasteiger charge is 2.28. The van der Waals surface area contributed by atoms with E-state index < -0.39 is 30.5 Å². The van der Waals surface area contributed by atoms with Gasteiger partial charge in [-0.25, -0.2) is 0 Å². The molecule has 164 valence electrons. The van der Waals surface area contributed by atoms with Crippen LogP contribution in [-0.2, 0) is 38.4 Å². The fourth-order valence-electron chi connectivity index (χ4n) is 4.04. The summed E-state index contributed by atoms with van der Waals surface area (Å²) in [4.78, 5) is 36.6. The minimum Gasteiger partial charge on any atom is -0.485 e. The Bertz CT molecular complexity index is 1210. The quantitative estimate of drug-likeness (QED) is 0.614. The molecule has 3 aromatic rings. The molecule has 32 heavy (non-hydrogen) atoms. The van der Waals surface area contributed by atoms with Crippen LogP contribution in [0.4, 0.5) is 0 Å². The van der Waals surface area contributed by atoms with Crippen molar-refractivity contribution >= 4 is 28.8 Å². The molecule has 0 unspecified atom stereocenters. The molecule has 1 aliphatic carbocycles. The van der Waals surface area contributed by atoms with E-state index in [-0.39, 0.29) is 13.0 Å². The van der Waals surface area contributed by atoms with Crippen LogP contribution in [-0.4, -0.2) is 37.1 Å². The summed E-state index contributed by atoms with van der Waals surface area (Å²) in [7, 11) is 0. The number of fused-ring (bicyclic) bond motifs is 3. The molecule has 0 saturated carbocycles. The van der Waals surface area contributed by atoms with Gasteiger partial charge in [0.15, 0.2) is 18.1 Å². The van der Waals surface area contributed by atoms with Gasteiger partial charge in [0.2, 0.25) is 6.10 Å². The Morgan fingerprint density at radius 3 is 2.69 bits per heavy atom. The zero-order chi connectivity index (χ0) is 22.1. The third kappa shape index (κ3) is 4.03. The predicted octanol–water partition coefficient (Wildman–Crippen LogP) is 2.49. The van der Waals surface area contributed by atoms with Gasteiger partial charge in [-0.2, -0.15) is 0 Å². The number of nitrogens with one attached hydrogen (secondary N) is 1. The van der Waals surface area contributed by atoms with Crippen molar-refractivity contribution in [1.82, 2.24) is 5.32 Å². The van der Waals surface area contributed by atoms with Crippen molar-refractivity contribution in [2.45, 2.75) is 31.8 Å². The first-order valence-corrected chi connectivity index (χ1v) is 10.5. The number of hydrogen-bond acceptors (Lipinski definition) is 7. The maximum absolute atomic E-state index is 12.3. The van der Waals surface area contributed by atoms with E-state index in [9.17, 15) is 14.4 Å². The van der Waals surface area contributed by atoms with E-state index >= 15 is 0 Å². The molecule has 8 nitrogen and oxygen atoms in total. The summed E-state index contributed by atoms with van der Waals surface area (Å²) in [6.07, 6.45) is 3.74. The maximum Gasteiger partial charge on any atom is 0.310 e. The minimum absolute atomic E-state index is 0.0207. The second kappa shape index (κ2) is 8.37. The van der Waals surface area contributed by atoms with Crippen LogP contribution < -0.4 is 14.8 Å². The van der Waals surface area contributed by atoms with Crippen LogP contribution in [0, 0.1) is 0 Å². The lowest BCUT2D eigenvalue weighted by molar-refractivity contribution is -0.150. The van der Waals surface area contributed by atoms with Crippen LogP contribution in [0.3, 0.4) is 0 Å². The third-order valence-corrected chi connectivity index (χ3v) is 5.63. The standard InChI is InChI=1S/C24H21NO7/c26-22(25-24(28)21-12-30-18-6-1-2-7-19(18)32-21)13-31-23(27)10-16-11-29-20-9-15-5-3-4-14(15)8-17(16)20/h1-2,6-9,11,21H,3-5,10,12-13H2,(H,25,26,28)/t21-/m1/s1. The molecular formula is C24H21NO7. The van der Waals surface area contributed by atoms with Crippen LogP contribution >= 0.6 is 0 Å². The number of aryl methyl sites for hydroxylation is 2. The van der Waals surface area contributed by atoms with Crippen LogP contribution in [0.5, 0.6) is 11.5 Å². The monoisotopic (exact) mass is 435 g/mol. The zero-order valence-electron chi connectivity index (χ0n) is 17.2. The number of esters is 1. The molecular weight excluding hydrogens is 414 g/mol. The number of amides is 2. The van der Waals surface area contributed by atoms with Gasteiger partial charge in [-0.05, 0) is 54.7 Å². The van der Waals surface area contributed by atoms with Crippen molar-refractivity contribution in [3.05, 3.63) is 59.4 Å². The van der Waals surface area contributed by atoms with E-state index in [1.165, 1.54) is 11.1 Å². The molecule has 0 bridgehead atoms. The Labute approximate surface area is 183 Å². The fourth-order valence-corrected chi connectivity index (χ4v) is 4.04. The van der Waals surface area contributed by atoms with E-state index in [1.807, 2.05) is 6.07 Å². The number of para-hydroxylation sites is 2. The summed E-state index contributed by atoms with van der Waals surface area (Å²) in [6, 6.07) is 11.0. The summed E-state index contributed by atoms with van der Waals surface area (Å²) in [5.74, 6) is -1.01. The number of benzene rings is 2. The lowest BCUT2D eigenvalue weighted by Crippen LogP contribution is -2.47. The zero-order valence-corrected chi connectivity index (χ0v) is 17.2. The Kier molecular flexibility index (Phi) is 5.26. The van der Waals surface area contributed by atoms with Crippen molar-refractivity contribution in [3.63, 3.8) is 0 Å². The average molecular weight is 435 g/mol. The van der Waals surface area contributed by atoms with E-state index in [2.05, 4.69) is 11.4 Å². The van der Waals surface area contributed by atoms with Gasteiger partial charge in [0.25, 0.3) is 11.8 Å². The molecule has 5 rings (SSSR count). The third-order valence-electron chi connectivity index (χ3n) is 5.63. The summed E-state index contributed by atoms with van der Waals surface area (Å²) in [5, 5.41) is 3.06. The molecule has 0 spiro atoms. The van der Waals surface area contributed by atoms with E-state index in [0.717, 1.165) is 30.2 Å². The lowest BCUT2D eigenvalue weighted by atomic mass is 10.0. The highest BCUT2D eigenvalue weighted by Crippen LogP contribution is 2.31. The molecule has 8 heteroatoms. The van der Waals surface area contributed by atoms with Crippen LogP contribution in [0.15, 0.2) is 47.1 Å². The van der Waals surface area contributed by atoms with Gasteiger partial charge in [-0.3, -0.25) is 19.7 Å². The van der Waals surface area contributed by atoms with Crippen LogP contribution in [0.2, 0.25) is 0 Å². The molecule has 0 saturated heterocycles. The largest absolute Gasteiger partial charge is 0.485 e. The number of carbonyl (C=O) groups excluding carboxylic acids is 3. The average Bonchev–Trinajstić information content (AvgIpc) is 3.42. The molecule has 2 heterocycles. The highest BCUT2D eigenvalue weighted by molar-refractivity contribution is 5.98. The van der Waals surface area contributed by atoms with Crippen molar-refractivity contribution in [1.29, 1.82) is 0 Å². The second-order valence-electron chi connectivity index (χ2n) is 7.85. The molecule has 2 amide bonds. The smallest absolute Gasteiger partial charge is 0.310 e. The molecule has 1 aromatic heterocycles. The number of carbonyl (C=O) groups is 3. The summed E-state index contributed by atoms with van der Waals surface area (Å²) in [5.41, 5.74) is 4.02. The number of ether oxygens (including phenoxy) is 3. The first-order valence-electron chi connectivity index (χ1n) is 10.5. The fraction of sp³-hybridized carbons (Fsp3) is 0.292. The van der Waals surface area contributed by atoms with Gasteiger partial charge in [-0.15, -0.1) is 0 Å². The Balaban J connectivity index is 1.13. The maximum atomic E-state index is 12.3. The minimum atomic E-state index is -0.969. The van der Waals surface area contributed by atoms with E-state index in [4.69, 9.17) is 18.6 Å². The van der Waals surface area contributed by atoms with Crippen LogP contribution in [0.1, 0.15) is 23.1 Å². The van der Waals surface area contributed by atoms with Gasteiger partial charge < -0.3 is 18.6 Å². The molecule has 0 radical (unpaired) electrons. The van der Waals surface area contributed by atoms with Gasteiger partial charge >= 0.3 is 5.97 Å². The molecule has 2 aromatic carbocycles. The molecule has 2 aliphatic rings. The van der Waals surface area contributed by atoms with Gasteiger partial charge in [0, 0.05) is 10.9 Å². The van der Waals surface area contributed by atoms with Crippen molar-refractivity contribution in [2.75, 3.05) is 13.2 Å². The van der Waals surface area contributed by atoms with Gasteiger partial charge in [0.1, 0.15) is 12.2 Å². The SMILES string of the molecule is O=C(COC(=O)Cc1coc2cc3c(cc12)CCC3)NC(=O)[C@H]1COc2ccccc2O1. The molecule has 1 N–H and O–H groups in total. The van der Waals surface area contributed by atoms with E-state index in [0.29, 0.717) is 17.1 Å². The molecule has 1 atom stereocenters. The summed E-state index contributed by atoms with van der Waals surface area (Å²) in [6.45, 7) is -0.590. The van der Waals surface area contributed by atoms with Gasteiger partial charge in [-0.1, -0.05) is 12.1 Å². The Morgan fingerprint density at radius 2 is 1.84 bits per heavy atom. The summed E-state index contributed by atoms with van der Waals surface area (Å²) >= 11 is 0. The molecule has 1 aliphatic heterocycles. The number of rotatable bonds is 5. The Morgan fingerprint density at radius 1 is 1.06 bits per heavy atom. The first kappa shape index (κ1) is 20.1. The van der Waals surface area contributed by atoms with Gasteiger partial charge in [0.05, 0.1) is 12.7 Å².